The zero-order valence-electron chi connectivity index (χ0n) is 24.9. The number of piperazine rings is 1. The number of hydrogen-bond donors (Lipinski definition) is 0. The summed E-state index contributed by atoms with van der Waals surface area (Å²) >= 11 is 0. The topological polar surface area (TPSA) is 70.2 Å². The van der Waals surface area contributed by atoms with E-state index in [9.17, 15) is 26.4 Å². The van der Waals surface area contributed by atoms with Gasteiger partial charge in [-0.05, 0) is 53.9 Å². The third-order valence-electron chi connectivity index (χ3n) is 7.89. The summed E-state index contributed by atoms with van der Waals surface area (Å²) in [5.74, 6) is -0.496. The van der Waals surface area contributed by atoms with E-state index in [0.29, 0.717) is 31.7 Å². The number of anilines is 1. The van der Waals surface area contributed by atoms with Gasteiger partial charge in [-0.25, -0.2) is 8.42 Å². The summed E-state index contributed by atoms with van der Waals surface area (Å²) < 4.78 is 75.2. The third kappa shape index (κ3) is 7.15. The number of halogens is 3. The van der Waals surface area contributed by atoms with E-state index in [-0.39, 0.29) is 22.4 Å². The molecular formula is C34H34F3N3O4S. The van der Waals surface area contributed by atoms with Gasteiger partial charge in [0.1, 0.15) is 17.2 Å². The van der Waals surface area contributed by atoms with Crippen molar-refractivity contribution >= 4 is 21.6 Å². The second kappa shape index (κ2) is 13.3. The summed E-state index contributed by atoms with van der Waals surface area (Å²) in [5.41, 5.74) is 1.53. The van der Waals surface area contributed by atoms with Crippen LogP contribution in [0.4, 0.5) is 18.9 Å². The Labute approximate surface area is 261 Å². The number of benzene rings is 4. The molecule has 1 saturated heterocycles. The molecule has 4 aromatic carbocycles. The van der Waals surface area contributed by atoms with E-state index in [1.165, 1.54) is 25.3 Å². The van der Waals surface area contributed by atoms with Crippen molar-refractivity contribution in [2.45, 2.75) is 24.0 Å². The van der Waals surface area contributed by atoms with Crippen LogP contribution in [-0.2, 0) is 21.0 Å². The lowest BCUT2D eigenvalue weighted by atomic mass is 9.96. The van der Waals surface area contributed by atoms with Crippen LogP contribution in [0.3, 0.4) is 0 Å². The second-order valence-corrected chi connectivity index (χ2v) is 12.7. The average molecular weight is 638 g/mol. The Morgan fingerprint density at radius 1 is 0.844 bits per heavy atom. The molecule has 4 aromatic rings. The molecule has 236 valence electrons. The largest absolute Gasteiger partial charge is 0.495 e. The minimum Gasteiger partial charge on any atom is -0.495 e. The molecule has 1 amide bonds. The van der Waals surface area contributed by atoms with Crippen LogP contribution in [0.1, 0.15) is 28.3 Å². The highest BCUT2D eigenvalue weighted by Crippen LogP contribution is 2.35. The zero-order valence-corrected chi connectivity index (χ0v) is 25.8. The van der Waals surface area contributed by atoms with E-state index in [0.717, 1.165) is 33.6 Å². The molecule has 1 heterocycles. The standard InChI is InChI=1S/C34H34F3N3O4S/c1-25-16-17-30(44-2)31(22-25)45(42,43)40(29-15-9-14-28(23-29)34(35,36)37)24-32(41)38-18-20-39(21-19-38)33(26-10-5-3-6-11-26)27-12-7-4-8-13-27/h3-17,22-23,33H,18-21,24H2,1-2H3. The maximum Gasteiger partial charge on any atom is 0.416 e. The van der Waals surface area contributed by atoms with Crippen LogP contribution in [0.25, 0.3) is 0 Å². The van der Waals surface area contributed by atoms with Gasteiger partial charge in [-0.3, -0.25) is 14.0 Å². The number of amides is 1. The predicted octanol–water partition coefficient (Wildman–Crippen LogP) is 6.15. The van der Waals surface area contributed by atoms with Crippen molar-refractivity contribution in [3.8, 4) is 5.75 Å². The van der Waals surface area contributed by atoms with E-state index < -0.39 is 34.2 Å². The Morgan fingerprint density at radius 3 is 2.00 bits per heavy atom. The normalized spacial score (nSPS) is 14.4. The number of nitrogens with zero attached hydrogens (tertiary/aromatic N) is 3. The van der Waals surface area contributed by atoms with Crippen LogP contribution in [-0.4, -0.2) is 64.0 Å². The number of carbonyl (C=O) groups is 1. The molecule has 45 heavy (non-hydrogen) atoms. The number of alkyl halides is 3. The molecule has 0 bridgehead atoms. The number of ether oxygens (including phenoxy) is 1. The fourth-order valence-electron chi connectivity index (χ4n) is 5.59. The molecule has 0 spiro atoms. The van der Waals surface area contributed by atoms with Gasteiger partial charge in [0.2, 0.25) is 5.91 Å². The summed E-state index contributed by atoms with van der Waals surface area (Å²) in [5, 5.41) is 0. The van der Waals surface area contributed by atoms with Gasteiger partial charge in [0, 0.05) is 26.2 Å². The molecular weight excluding hydrogens is 603 g/mol. The number of sulfonamides is 1. The lowest BCUT2D eigenvalue weighted by molar-refractivity contribution is -0.137. The number of rotatable bonds is 9. The highest BCUT2D eigenvalue weighted by Gasteiger charge is 2.36. The summed E-state index contributed by atoms with van der Waals surface area (Å²) in [7, 11) is -3.22. The first kappa shape index (κ1) is 32.1. The molecule has 0 unspecified atom stereocenters. The van der Waals surface area contributed by atoms with Crippen LogP contribution in [0, 0.1) is 6.92 Å². The fourth-order valence-corrected chi connectivity index (χ4v) is 7.24. The summed E-state index contributed by atoms with van der Waals surface area (Å²) in [4.78, 5) is 17.3. The molecule has 1 aliphatic rings. The van der Waals surface area contributed by atoms with Gasteiger partial charge >= 0.3 is 6.18 Å². The molecule has 11 heteroatoms. The quantitative estimate of drug-likeness (QED) is 0.220. The molecule has 0 saturated carbocycles. The lowest BCUT2D eigenvalue weighted by Crippen LogP contribution is -2.52. The number of hydrogen-bond acceptors (Lipinski definition) is 5. The van der Waals surface area contributed by atoms with Crippen LogP contribution < -0.4 is 9.04 Å². The Balaban J connectivity index is 1.42. The molecule has 1 fully saturated rings. The van der Waals surface area contributed by atoms with Gasteiger partial charge in [0.05, 0.1) is 24.4 Å². The monoisotopic (exact) mass is 637 g/mol. The molecule has 0 N–H and O–H groups in total. The maximum absolute atomic E-state index is 14.1. The highest BCUT2D eigenvalue weighted by molar-refractivity contribution is 7.93. The first-order valence-electron chi connectivity index (χ1n) is 14.5. The van der Waals surface area contributed by atoms with Crippen molar-refractivity contribution in [1.82, 2.24) is 9.80 Å². The lowest BCUT2D eigenvalue weighted by Gasteiger charge is -2.40. The fraction of sp³-hybridized carbons (Fsp3) is 0.265. The van der Waals surface area contributed by atoms with E-state index in [1.807, 2.05) is 36.4 Å². The Morgan fingerprint density at radius 2 is 1.44 bits per heavy atom. The SMILES string of the molecule is COc1ccc(C)cc1S(=O)(=O)N(CC(=O)N1CCN(C(c2ccccc2)c2ccccc2)CC1)c1cccc(C(F)(F)F)c1. The van der Waals surface area contributed by atoms with E-state index in [1.54, 1.807) is 17.9 Å². The first-order valence-corrected chi connectivity index (χ1v) is 15.9. The minimum atomic E-state index is -4.71. The predicted molar refractivity (Wildman–Crippen MR) is 167 cm³/mol. The van der Waals surface area contributed by atoms with E-state index in [4.69, 9.17) is 4.74 Å². The van der Waals surface area contributed by atoms with Crippen LogP contribution in [0.2, 0.25) is 0 Å². The van der Waals surface area contributed by atoms with Crippen molar-refractivity contribution < 1.29 is 31.1 Å². The minimum absolute atomic E-state index is 0.0199. The van der Waals surface area contributed by atoms with Crippen molar-refractivity contribution in [3.63, 3.8) is 0 Å². The van der Waals surface area contributed by atoms with Gasteiger partial charge in [0.25, 0.3) is 10.0 Å². The average Bonchev–Trinajstić information content (AvgIpc) is 3.04. The molecule has 0 aromatic heterocycles. The Kier molecular flexibility index (Phi) is 9.50. The Hall–Kier alpha value is -4.35. The van der Waals surface area contributed by atoms with Crippen molar-refractivity contribution in [2.75, 3.05) is 44.1 Å². The number of methoxy groups -OCH3 is 1. The maximum atomic E-state index is 14.1. The molecule has 5 rings (SSSR count). The first-order chi connectivity index (χ1) is 21.5. The summed E-state index contributed by atoms with van der Waals surface area (Å²) in [6.07, 6.45) is -4.71. The third-order valence-corrected chi connectivity index (χ3v) is 9.69. The van der Waals surface area contributed by atoms with Gasteiger partial charge in [-0.2, -0.15) is 13.2 Å². The van der Waals surface area contributed by atoms with Crippen molar-refractivity contribution in [3.05, 3.63) is 125 Å². The zero-order chi connectivity index (χ0) is 32.2. The number of carbonyl (C=O) groups excluding carboxylic acids is 1. The van der Waals surface area contributed by atoms with E-state index >= 15 is 0 Å². The molecule has 0 radical (unpaired) electrons. The highest BCUT2D eigenvalue weighted by atomic mass is 32.2. The molecule has 7 nitrogen and oxygen atoms in total. The molecule has 0 aliphatic carbocycles. The van der Waals surface area contributed by atoms with Gasteiger partial charge in [-0.1, -0.05) is 72.8 Å². The van der Waals surface area contributed by atoms with Gasteiger partial charge in [0.15, 0.2) is 0 Å². The van der Waals surface area contributed by atoms with Crippen molar-refractivity contribution in [2.24, 2.45) is 0 Å². The second-order valence-electron chi connectivity index (χ2n) is 10.9. The van der Waals surface area contributed by atoms with Crippen molar-refractivity contribution in [1.29, 1.82) is 0 Å². The van der Waals surface area contributed by atoms with Crippen LogP contribution in [0.15, 0.2) is 108 Å². The van der Waals surface area contributed by atoms with Gasteiger partial charge in [-0.15, -0.1) is 0 Å². The van der Waals surface area contributed by atoms with E-state index in [2.05, 4.69) is 29.2 Å². The van der Waals surface area contributed by atoms with Crippen LogP contribution >= 0.6 is 0 Å². The summed E-state index contributed by atoms with van der Waals surface area (Å²) in [6, 6.07) is 28.6. The van der Waals surface area contributed by atoms with Crippen LogP contribution in [0.5, 0.6) is 5.75 Å². The summed E-state index contributed by atoms with van der Waals surface area (Å²) in [6.45, 7) is 2.68. The molecule has 0 atom stereocenters. The van der Waals surface area contributed by atoms with Gasteiger partial charge < -0.3 is 9.64 Å². The molecule has 1 aliphatic heterocycles. The number of aryl methyl sites for hydroxylation is 1. The smallest absolute Gasteiger partial charge is 0.416 e. The Bertz CT molecular complexity index is 1690.